The van der Waals surface area contributed by atoms with Crippen LogP contribution in [-0.2, 0) is 9.53 Å². The molecule has 0 aromatic rings. The second kappa shape index (κ2) is 24.8. The summed E-state index contributed by atoms with van der Waals surface area (Å²) >= 11 is 0. The van der Waals surface area contributed by atoms with Crippen LogP contribution in [-0.4, -0.2) is 56.1 Å². The highest BCUT2D eigenvalue weighted by Gasteiger charge is 2.04. The molecule has 0 radical (unpaired) electrons. The van der Waals surface area contributed by atoms with Crippen molar-refractivity contribution in [2.75, 3.05) is 27.2 Å². The quantitative estimate of drug-likeness (QED) is 0.107. The minimum atomic E-state index is -0.898. The summed E-state index contributed by atoms with van der Waals surface area (Å²) in [6.07, 6.45) is 31.6. The summed E-state index contributed by atoms with van der Waals surface area (Å²) in [5.41, 5.74) is 11.1. The van der Waals surface area contributed by atoms with Crippen LogP contribution in [0.25, 0.3) is 0 Å². The average Bonchev–Trinajstić information content (AvgIpc) is 2.87. The van der Waals surface area contributed by atoms with Crippen LogP contribution >= 0.6 is 0 Å². The Morgan fingerprint density at radius 1 is 0.763 bits per heavy atom. The van der Waals surface area contributed by atoms with Gasteiger partial charge in [-0.15, -0.1) is 4.99 Å². The Labute approximate surface area is 228 Å². The van der Waals surface area contributed by atoms with Crippen molar-refractivity contribution in [3.8, 4) is 0 Å². The first-order chi connectivity index (χ1) is 18.4. The monoisotopic (exact) mass is 526 g/mol. The summed E-state index contributed by atoms with van der Waals surface area (Å²) in [7, 11) is 3.35. The average molecular weight is 527 g/mol. The number of hydrogen-bond donors (Lipinski definition) is 3. The van der Waals surface area contributed by atoms with Crippen molar-refractivity contribution >= 4 is 23.9 Å². The Bertz CT molecular complexity index is 896. The number of nitrogens with two attached hydrogens (primary N) is 2. The van der Waals surface area contributed by atoms with Crippen LogP contribution in [0.4, 0.5) is 4.79 Å². The third kappa shape index (κ3) is 23.8. The number of carbonyl (C=O) groups excluding carboxylic acids is 2. The van der Waals surface area contributed by atoms with E-state index in [4.69, 9.17) is 16.2 Å². The third-order valence-corrected chi connectivity index (χ3v) is 4.68. The van der Waals surface area contributed by atoms with E-state index in [-0.39, 0.29) is 31.0 Å². The Morgan fingerprint density at radius 3 is 1.71 bits per heavy atom. The van der Waals surface area contributed by atoms with Crippen molar-refractivity contribution in [2.45, 2.75) is 58.3 Å². The van der Waals surface area contributed by atoms with Crippen molar-refractivity contribution in [1.82, 2.24) is 10.2 Å². The van der Waals surface area contributed by atoms with Crippen LogP contribution in [0.5, 0.6) is 0 Å². The topological polar surface area (TPSA) is 135 Å². The van der Waals surface area contributed by atoms with Crippen LogP contribution in [0.1, 0.15) is 58.3 Å². The molecule has 0 aliphatic carbocycles. The second-order valence-electron chi connectivity index (χ2n) is 8.25. The number of aliphatic imine (C=N–C) groups is 2. The summed E-state index contributed by atoms with van der Waals surface area (Å²) in [4.78, 5) is 32.1. The predicted octanol–water partition coefficient (Wildman–Crippen LogP) is 4.91. The molecule has 0 aromatic carbocycles. The largest absolute Gasteiger partial charge is 0.446 e. The molecule has 0 unspecified atom stereocenters. The maximum Gasteiger partial charge on any atom is 0.436 e. The maximum atomic E-state index is 11.8. The van der Waals surface area contributed by atoms with E-state index in [0.29, 0.717) is 12.8 Å². The molecule has 0 heterocycles. The Hall–Kier alpha value is -3.88. The van der Waals surface area contributed by atoms with E-state index in [1.54, 1.807) is 14.1 Å². The molecule has 0 saturated heterocycles. The number of nitrogens with zero attached hydrogens (tertiary/aromatic N) is 3. The molecule has 210 valence electrons. The molecular formula is C29H46N6O3. The summed E-state index contributed by atoms with van der Waals surface area (Å²) in [5.74, 6) is -0.313. The van der Waals surface area contributed by atoms with Crippen LogP contribution in [0.15, 0.2) is 82.9 Å². The minimum Gasteiger partial charge on any atom is -0.446 e. The van der Waals surface area contributed by atoms with Gasteiger partial charge in [-0.25, -0.2) is 4.79 Å². The lowest BCUT2D eigenvalue weighted by Gasteiger charge is -2.09. The molecule has 38 heavy (non-hydrogen) atoms. The molecule has 0 aromatic heterocycles. The van der Waals surface area contributed by atoms with Gasteiger partial charge in [0.15, 0.2) is 5.96 Å². The summed E-state index contributed by atoms with van der Waals surface area (Å²) < 4.78 is 4.87. The lowest BCUT2D eigenvalue weighted by atomic mass is 10.2. The third-order valence-electron chi connectivity index (χ3n) is 4.68. The number of hydrogen-bond acceptors (Lipinski definition) is 3. The molecule has 9 nitrogen and oxygen atoms in total. The number of amides is 2. The molecule has 0 bridgehead atoms. The highest BCUT2D eigenvalue weighted by molar-refractivity contribution is 5.97. The van der Waals surface area contributed by atoms with Crippen LogP contribution < -0.4 is 16.8 Å². The number of nitrogens with one attached hydrogen (secondary N) is 1. The van der Waals surface area contributed by atoms with Crippen LogP contribution in [0.2, 0.25) is 0 Å². The zero-order valence-electron chi connectivity index (χ0n) is 23.2. The highest BCUT2D eigenvalue weighted by Crippen LogP contribution is 1.98. The zero-order chi connectivity index (χ0) is 28.3. The SMILES string of the molecule is CCC=CCC=CCC=CCC=CCC=CCC=CCCC(=O)NCCOC(=O)N=C(N)N=C(N)N(C)C. The summed E-state index contributed by atoms with van der Waals surface area (Å²) in [6, 6.07) is 0. The van der Waals surface area contributed by atoms with E-state index in [9.17, 15) is 9.59 Å². The number of ether oxygens (including phenoxy) is 1. The first-order valence-corrected chi connectivity index (χ1v) is 13.1. The molecule has 0 atom stereocenters. The Morgan fingerprint density at radius 2 is 1.24 bits per heavy atom. The van der Waals surface area contributed by atoms with Gasteiger partial charge in [-0.3, -0.25) is 4.79 Å². The van der Waals surface area contributed by atoms with E-state index in [0.717, 1.165) is 38.5 Å². The van der Waals surface area contributed by atoms with Crippen molar-refractivity contribution < 1.29 is 14.3 Å². The molecular weight excluding hydrogens is 480 g/mol. The van der Waals surface area contributed by atoms with E-state index in [1.165, 1.54) is 4.90 Å². The van der Waals surface area contributed by atoms with Gasteiger partial charge < -0.3 is 26.4 Å². The molecule has 2 amide bonds. The molecule has 5 N–H and O–H groups in total. The van der Waals surface area contributed by atoms with Gasteiger partial charge in [0, 0.05) is 20.5 Å². The van der Waals surface area contributed by atoms with Gasteiger partial charge in [0.25, 0.3) is 0 Å². The molecule has 9 heteroatoms. The van der Waals surface area contributed by atoms with Gasteiger partial charge in [0.2, 0.25) is 11.9 Å². The first kappa shape index (κ1) is 34.1. The van der Waals surface area contributed by atoms with E-state index >= 15 is 0 Å². The number of allylic oxidation sites excluding steroid dienone is 12. The fourth-order valence-corrected chi connectivity index (χ4v) is 2.64. The molecule has 0 aliphatic rings. The molecule has 0 rings (SSSR count). The summed E-state index contributed by atoms with van der Waals surface area (Å²) in [6.45, 7) is 2.31. The summed E-state index contributed by atoms with van der Waals surface area (Å²) in [5, 5.41) is 2.68. The van der Waals surface area contributed by atoms with Gasteiger partial charge in [0.05, 0.1) is 6.54 Å². The van der Waals surface area contributed by atoms with Crippen molar-refractivity contribution in [3.05, 3.63) is 72.9 Å². The minimum absolute atomic E-state index is 0.0197. The van der Waals surface area contributed by atoms with Gasteiger partial charge in [-0.2, -0.15) is 4.99 Å². The van der Waals surface area contributed by atoms with Crippen molar-refractivity contribution in [2.24, 2.45) is 21.5 Å². The number of carbonyl (C=O) groups is 2. The van der Waals surface area contributed by atoms with Crippen LogP contribution in [0.3, 0.4) is 0 Å². The van der Waals surface area contributed by atoms with E-state index in [1.807, 2.05) is 12.2 Å². The van der Waals surface area contributed by atoms with Gasteiger partial charge >= 0.3 is 6.09 Å². The lowest BCUT2D eigenvalue weighted by molar-refractivity contribution is -0.121. The normalized spacial score (nSPS) is 13.2. The smallest absolute Gasteiger partial charge is 0.436 e. The Kier molecular flexibility index (Phi) is 22.3. The number of rotatable bonds is 17. The van der Waals surface area contributed by atoms with Gasteiger partial charge in [-0.05, 0) is 44.9 Å². The standard InChI is InChI=1S/C29H46N6O3/c1-4-5-6-7-8-9-10-11-12-13-14-15-16-17-18-19-20-21-22-23-26(36)32-24-25-38-29(37)34-27(30)33-28(31)35(2)3/h5-6,8-9,11-12,14-15,17-18,20-21H,4,7,10,13,16,19,22-25H2,1-3H3,(H,32,36)(H4,30,31,33,34,37). The second-order valence-corrected chi connectivity index (χ2v) is 8.25. The van der Waals surface area contributed by atoms with Crippen LogP contribution in [0, 0.1) is 0 Å². The predicted molar refractivity (Wildman–Crippen MR) is 159 cm³/mol. The molecule has 0 saturated carbocycles. The van der Waals surface area contributed by atoms with Gasteiger partial charge in [-0.1, -0.05) is 79.8 Å². The first-order valence-electron chi connectivity index (χ1n) is 13.1. The fraction of sp³-hybridized carbons (Fsp3) is 0.448. The number of guanidine groups is 2. The maximum absolute atomic E-state index is 11.8. The molecule has 0 aliphatic heterocycles. The molecule has 0 spiro atoms. The van der Waals surface area contributed by atoms with Crippen molar-refractivity contribution in [3.63, 3.8) is 0 Å². The Balaban J connectivity index is 3.79. The van der Waals surface area contributed by atoms with E-state index < -0.39 is 6.09 Å². The highest BCUT2D eigenvalue weighted by atomic mass is 16.5. The fourth-order valence-electron chi connectivity index (χ4n) is 2.64. The lowest BCUT2D eigenvalue weighted by Crippen LogP contribution is -2.32. The van der Waals surface area contributed by atoms with Gasteiger partial charge in [0.1, 0.15) is 6.61 Å². The van der Waals surface area contributed by atoms with E-state index in [2.05, 4.69) is 83.0 Å². The molecule has 0 fully saturated rings. The zero-order valence-corrected chi connectivity index (χ0v) is 23.2. The van der Waals surface area contributed by atoms with Crippen molar-refractivity contribution in [1.29, 1.82) is 0 Å².